The molecule has 2 atom stereocenters. The van der Waals surface area contributed by atoms with Crippen LogP contribution < -0.4 is 15.4 Å². The highest BCUT2D eigenvalue weighted by atomic mass is 16.5. The normalized spacial score (nSPS) is 22.7. The number of hydrogen-bond donors (Lipinski definition) is 2. The van der Waals surface area contributed by atoms with Crippen molar-refractivity contribution in [3.8, 4) is 5.75 Å². The Morgan fingerprint density at radius 2 is 2.13 bits per heavy atom. The largest absolute Gasteiger partial charge is 0.493 e. The molecule has 0 amide bonds. The number of benzene rings is 1. The zero-order valence-electron chi connectivity index (χ0n) is 20.0. The first-order valence-corrected chi connectivity index (χ1v) is 12.1. The van der Waals surface area contributed by atoms with Gasteiger partial charge in [-0.15, -0.1) is 0 Å². The maximum absolute atomic E-state index is 6.19. The van der Waals surface area contributed by atoms with Crippen LogP contribution in [0.4, 0.5) is 0 Å². The molecule has 3 rings (SSSR count). The van der Waals surface area contributed by atoms with Crippen molar-refractivity contribution >= 4 is 5.96 Å². The quantitative estimate of drug-likeness (QED) is 0.463. The molecule has 0 saturated carbocycles. The maximum Gasteiger partial charge on any atom is 0.191 e. The lowest BCUT2D eigenvalue weighted by Crippen LogP contribution is -2.46. The predicted octanol–water partition coefficient (Wildman–Crippen LogP) is 3.59. The van der Waals surface area contributed by atoms with E-state index >= 15 is 0 Å². The Hall–Kier alpha value is -1.79. The molecule has 6 nitrogen and oxygen atoms in total. The van der Waals surface area contributed by atoms with Crippen molar-refractivity contribution in [1.29, 1.82) is 0 Å². The molecule has 31 heavy (non-hydrogen) atoms. The molecule has 2 aliphatic heterocycles. The number of nitrogens with zero attached hydrogens (tertiary/aromatic N) is 2. The van der Waals surface area contributed by atoms with Gasteiger partial charge >= 0.3 is 0 Å². The molecular formula is C25H42N4O2. The highest BCUT2D eigenvalue weighted by molar-refractivity contribution is 5.79. The van der Waals surface area contributed by atoms with Crippen LogP contribution in [0.25, 0.3) is 0 Å². The standard InChI is InChI=1S/C25H42N4O2/c1-5-26-25(27-14-21-7-6-11-29(16-21)19(2)3)28-15-23-9-8-20(4)13-24(23)31-18-22-10-12-30-17-22/h8-9,13,19,21-22H,5-7,10-12,14-18H2,1-4H3,(H2,26,27,28). The Bertz CT molecular complexity index is 701. The van der Waals surface area contributed by atoms with E-state index in [0.717, 1.165) is 50.0 Å². The average molecular weight is 431 g/mol. The number of nitrogens with one attached hydrogen (secondary N) is 2. The Morgan fingerprint density at radius 3 is 2.87 bits per heavy atom. The molecule has 6 heteroatoms. The summed E-state index contributed by atoms with van der Waals surface area (Å²) in [5.74, 6) is 3.01. The lowest BCUT2D eigenvalue weighted by molar-refractivity contribution is 0.141. The first-order valence-electron chi connectivity index (χ1n) is 12.1. The van der Waals surface area contributed by atoms with Crippen molar-refractivity contribution in [3.05, 3.63) is 29.3 Å². The summed E-state index contributed by atoms with van der Waals surface area (Å²) in [4.78, 5) is 7.46. The van der Waals surface area contributed by atoms with Gasteiger partial charge in [0.15, 0.2) is 5.96 Å². The molecule has 0 bridgehead atoms. The van der Waals surface area contributed by atoms with Gasteiger partial charge in [0.1, 0.15) is 5.75 Å². The third-order valence-electron chi connectivity index (χ3n) is 6.31. The molecule has 0 aliphatic carbocycles. The average Bonchev–Trinajstić information content (AvgIpc) is 3.29. The van der Waals surface area contributed by atoms with E-state index in [1.54, 1.807) is 0 Å². The first-order chi connectivity index (χ1) is 15.0. The van der Waals surface area contributed by atoms with Crippen LogP contribution >= 0.6 is 0 Å². The molecule has 0 spiro atoms. The molecule has 1 aromatic carbocycles. The summed E-state index contributed by atoms with van der Waals surface area (Å²) >= 11 is 0. The van der Waals surface area contributed by atoms with Gasteiger partial charge in [0.2, 0.25) is 0 Å². The van der Waals surface area contributed by atoms with E-state index in [1.807, 2.05) is 0 Å². The first kappa shape index (κ1) is 23.9. The zero-order chi connectivity index (χ0) is 22.1. The molecule has 174 valence electrons. The summed E-state index contributed by atoms with van der Waals surface area (Å²) in [5.41, 5.74) is 2.34. The van der Waals surface area contributed by atoms with Gasteiger partial charge in [-0.2, -0.15) is 0 Å². The van der Waals surface area contributed by atoms with Crippen LogP contribution in [-0.2, 0) is 11.3 Å². The number of hydrogen-bond acceptors (Lipinski definition) is 4. The Morgan fingerprint density at radius 1 is 1.26 bits per heavy atom. The summed E-state index contributed by atoms with van der Waals surface area (Å²) in [6.45, 7) is 16.0. The predicted molar refractivity (Wildman–Crippen MR) is 128 cm³/mol. The molecule has 2 aliphatic rings. The second-order valence-corrected chi connectivity index (χ2v) is 9.32. The van der Waals surface area contributed by atoms with Crippen LogP contribution in [0.15, 0.2) is 23.2 Å². The Kier molecular flexibility index (Phi) is 9.47. The van der Waals surface area contributed by atoms with E-state index in [-0.39, 0.29) is 0 Å². The second kappa shape index (κ2) is 12.3. The van der Waals surface area contributed by atoms with Crippen molar-refractivity contribution in [1.82, 2.24) is 15.5 Å². The molecule has 2 fully saturated rings. The second-order valence-electron chi connectivity index (χ2n) is 9.32. The van der Waals surface area contributed by atoms with E-state index in [0.29, 0.717) is 31.0 Å². The van der Waals surface area contributed by atoms with Crippen molar-refractivity contribution in [2.75, 3.05) is 46.0 Å². The number of piperidine rings is 1. The molecule has 2 saturated heterocycles. The van der Waals surface area contributed by atoms with Gasteiger partial charge in [-0.25, -0.2) is 4.99 Å². The van der Waals surface area contributed by atoms with Gasteiger partial charge in [-0.3, -0.25) is 0 Å². The maximum atomic E-state index is 6.19. The fourth-order valence-electron chi connectivity index (χ4n) is 4.33. The summed E-state index contributed by atoms with van der Waals surface area (Å²) in [5, 5.41) is 6.98. The van der Waals surface area contributed by atoms with Crippen LogP contribution in [0.1, 0.15) is 51.2 Å². The van der Waals surface area contributed by atoms with E-state index in [9.17, 15) is 0 Å². The smallest absolute Gasteiger partial charge is 0.191 e. The molecule has 2 heterocycles. The zero-order valence-corrected chi connectivity index (χ0v) is 20.0. The molecule has 2 N–H and O–H groups in total. The molecule has 0 aromatic heterocycles. The van der Waals surface area contributed by atoms with Gasteiger partial charge in [-0.1, -0.05) is 12.1 Å². The van der Waals surface area contributed by atoms with Crippen LogP contribution in [0.5, 0.6) is 5.75 Å². The van der Waals surface area contributed by atoms with Crippen LogP contribution in [0.3, 0.4) is 0 Å². The minimum atomic E-state index is 0.497. The Labute approximate surface area is 188 Å². The van der Waals surface area contributed by atoms with Crippen LogP contribution in [0.2, 0.25) is 0 Å². The number of guanidine groups is 1. The lowest BCUT2D eigenvalue weighted by Gasteiger charge is -2.35. The van der Waals surface area contributed by atoms with Crippen LogP contribution in [0, 0.1) is 18.8 Å². The number of likely N-dealkylation sites (tertiary alicyclic amines) is 1. The number of aliphatic imine (C=N–C) groups is 1. The third-order valence-corrected chi connectivity index (χ3v) is 6.31. The van der Waals surface area contributed by atoms with E-state index < -0.39 is 0 Å². The van der Waals surface area contributed by atoms with Gasteiger partial charge < -0.3 is 25.0 Å². The molecule has 2 unspecified atom stereocenters. The van der Waals surface area contributed by atoms with Gasteiger partial charge in [0, 0.05) is 43.8 Å². The highest BCUT2D eigenvalue weighted by Crippen LogP contribution is 2.23. The van der Waals surface area contributed by atoms with Gasteiger partial charge in [0.25, 0.3) is 0 Å². The molecular weight excluding hydrogens is 388 g/mol. The summed E-state index contributed by atoms with van der Waals surface area (Å²) in [7, 11) is 0. The number of aryl methyl sites for hydroxylation is 1. The summed E-state index contributed by atoms with van der Waals surface area (Å²) < 4.78 is 11.7. The van der Waals surface area contributed by atoms with Crippen LogP contribution in [-0.4, -0.2) is 62.9 Å². The van der Waals surface area contributed by atoms with Crippen molar-refractivity contribution in [2.24, 2.45) is 16.8 Å². The minimum absolute atomic E-state index is 0.497. The topological polar surface area (TPSA) is 58.1 Å². The Balaban J connectivity index is 1.57. The summed E-state index contributed by atoms with van der Waals surface area (Å²) in [6.07, 6.45) is 3.66. The van der Waals surface area contributed by atoms with Gasteiger partial charge in [0.05, 0.1) is 19.8 Å². The monoisotopic (exact) mass is 430 g/mol. The number of rotatable bonds is 9. The van der Waals surface area contributed by atoms with Crippen molar-refractivity contribution < 1.29 is 9.47 Å². The van der Waals surface area contributed by atoms with Gasteiger partial charge in [-0.05, 0) is 71.0 Å². The fourth-order valence-corrected chi connectivity index (χ4v) is 4.33. The lowest BCUT2D eigenvalue weighted by atomic mass is 9.97. The SMILES string of the molecule is CCNC(=NCc1ccc(C)cc1OCC1CCOC1)NCC1CCCN(C(C)C)C1. The van der Waals surface area contributed by atoms with Crippen molar-refractivity contribution in [3.63, 3.8) is 0 Å². The number of ether oxygens (including phenoxy) is 2. The minimum Gasteiger partial charge on any atom is -0.493 e. The highest BCUT2D eigenvalue weighted by Gasteiger charge is 2.22. The summed E-state index contributed by atoms with van der Waals surface area (Å²) in [6, 6.07) is 7.04. The van der Waals surface area contributed by atoms with E-state index in [1.165, 1.54) is 31.5 Å². The van der Waals surface area contributed by atoms with Crippen molar-refractivity contribution in [2.45, 2.75) is 59.5 Å². The molecule has 1 aromatic rings. The fraction of sp³-hybridized carbons (Fsp3) is 0.720. The van der Waals surface area contributed by atoms with E-state index in [4.69, 9.17) is 14.5 Å². The molecule has 0 radical (unpaired) electrons. The third kappa shape index (κ3) is 7.69. The van der Waals surface area contributed by atoms with E-state index in [2.05, 4.69) is 61.4 Å².